The van der Waals surface area contributed by atoms with Gasteiger partial charge in [-0.1, -0.05) is 63.8 Å². The van der Waals surface area contributed by atoms with E-state index in [9.17, 15) is 5.11 Å². The van der Waals surface area contributed by atoms with Gasteiger partial charge in [-0.15, -0.1) is 0 Å². The SMILES string of the molecule is CCCc1ccc(C(O)CN(CC)C2CCCCC2)cc1. The largest absolute Gasteiger partial charge is 0.387 e. The highest BCUT2D eigenvalue weighted by Crippen LogP contribution is 2.25. The molecule has 1 atom stereocenters. The van der Waals surface area contributed by atoms with Crippen LogP contribution in [0.25, 0.3) is 0 Å². The van der Waals surface area contributed by atoms with Gasteiger partial charge < -0.3 is 5.11 Å². The fourth-order valence-electron chi connectivity index (χ4n) is 3.51. The number of rotatable bonds is 7. The van der Waals surface area contributed by atoms with Gasteiger partial charge in [-0.05, 0) is 36.9 Å². The molecule has 1 fully saturated rings. The van der Waals surface area contributed by atoms with Crippen LogP contribution in [0.2, 0.25) is 0 Å². The summed E-state index contributed by atoms with van der Waals surface area (Å²) in [7, 11) is 0. The molecule has 0 aromatic heterocycles. The molecule has 118 valence electrons. The number of hydrogen-bond donors (Lipinski definition) is 1. The number of aliphatic hydroxyl groups is 1. The molecule has 1 aliphatic rings. The lowest BCUT2D eigenvalue weighted by Crippen LogP contribution is -2.39. The zero-order valence-electron chi connectivity index (χ0n) is 13.7. The lowest BCUT2D eigenvalue weighted by molar-refractivity contribution is 0.0766. The predicted octanol–water partition coefficient (Wildman–Crippen LogP) is 4.33. The van der Waals surface area contributed by atoms with Crippen molar-refractivity contribution >= 4 is 0 Å². The van der Waals surface area contributed by atoms with Gasteiger partial charge in [0.2, 0.25) is 0 Å². The van der Waals surface area contributed by atoms with Crippen molar-refractivity contribution in [3.05, 3.63) is 35.4 Å². The Kier molecular flexibility index (Phi) is 6.72. The van der Waals surface area contributed by atoms with Crippen LogP contribution in [0.15, 0.2) is 24.3 Å². The molecule has 1 unspecified atom stereocenters. The Hall–Kier alpha value is -0.860. The second-order valence-corrected chi connectivity index (χ2v) is 6.39. The summed E-state index contributed by atoms with van der Waals surface area (Å²) < 4.78 is 0. The first-order valence-corrected chi connectivity index (χ1v) is 8.75. The first-order valence-electron chi connectivity index (χ1n) is 8.75. The van der Waals surface area contributed by atoms with Crippen LogP contribution in [-0.2, 0) is 6.42 Å². The summed E-state index contributed by atoms with van der Waals surface area (Å²) in [6, 6.07) is 9.21. The van der Waals surface area contributed by atoms with Crippen molar-refractivity contribution in [1.29, 1.82) is 0 Å². The Morgan fingerprint density at radius 1 is 1.10 bits per heavy atom. The molecule has 2 rings (SSSR count). The summed E-state index contributed by atoms with van der Waals surface area (Å²) in [6.45, 7) is 6.22. The fraction of sp³-hybridized carbons (Fsp3) is 0.684. The monoisotopic (exact) mass is 289 g/mol. The van der Waals surface area contributed by atoms with E-state index in [4.69, 9.17) is 0 Å². The Morgan fingerprint density at radius 2 is 1.76 bits per heavy atom. The highest BCUT2D eigenvalue weighted by molar-refractivity contribution is 5.24. The number of nitrogens with zero attached hydrogens (tertiary/aromatic N) is 1. The zero-order chi connectivity index (χ0) is 15.1. The third-order valence-corrected chi connectivity index (χ3v) is 4.81. The van der Waals surface area contributed by atoms with E-state index in [0.717, 1.165) is 25.1 Å². The summed E-state index contributed by atoms with van der Waals surface area (Å²) in [5.74, 6) is 0. The molecule has 1 N–H and O–H groups in total. The van der Waals surface area contributed by atoms with Crippen molar-refractivity contribution in [3.8, 4) is 0 Å². The van der Waals surface area contributed by atoms with Gasteiger partial charge in [-0.2, -0.15) is 0 Å². The van der Waals surface area contributed by atoms with Crippen LogP contribution in [0.1, 0.15) is 69.6 Å². The maximum absolute atomic E-state index is 10.5. The molecule has 0 bridgehead atoms. The van der Waals surface area contributed by atoms with E-state index in [1.54, 1.807) is 0 Å². The Labute approximate surface area is 130 Å². The topological polar surface area (TPSA) is 23.5 Å². The molecule has 0 saturated heterocycles. The molecule has 0 radical (unpaired) electrons. The highest BCUT2D eigenvalue weighted by Gasteiger charge is 2.22. The van der Waals surface area contributed by atoms with Gasteiger partial charge in [-0.3, -0.25) is 4.90 Å². The minimum absolute atomic E-state index is 0.359. The van der Waals surface area contributed by atoms with Crippen molar-refractivity contribution in [2.45, 2.75) is 70.9 Å². The van der Waals surface area contributed by atoms with Crippen molar-refractivity contribution < 1.29 is 5.11 Å². The smallest absolute Gasteiger partial charge is 0.0917 e. The van der Waals surface area contributed by atoms with Crippen molar-refractivity contribution in [3.63, 3.8) is 0 Å². The highest BCUT2D eigenvalue weighted by atomic mass is 16.3. The fourth-order valence-corrected chi connectivity index (χ4v) is 3.51. The number of likely N-dealkylation sites (N-methyl/N-ethyl adjacent to an activating group) is 1. The number of benzene rings is 1. The maximum atomic E-state index is 10.5. The van der Waals surface area contributed by atoms with Gasteiger partial charge in [0, 0.05) is 12.6 Å². The number of aliphatic hydroxyl groups excluding tert-OH is 1. The molecule has 0 spiro atoms. The number of hydrogen-bond acceptors (Lipinski definition) is 2. The molecule has 1 aromatic rings. The summed E-state index contributed by atoms with van der Waals surface area (Å²) in [6.07, 6.45) is 8.63. The second-order valence-electron chi connectivity index (χ2n) is 6.39. The molecule has 2 nitrogen and oxygen atoms in total. The standard InChI is InChI=1S/C19H31NO/c1-3-8-16-11-13-17(14-12-16)19(21)15-20(4-2)18-9-6-5-7-10-18/h11-14,18-19,21H,3-10,15H2,1-2H3. The van der Waals surface area contributed by atoms with Crippen LogP contribution in [0, 0.1) is 0 Å². The van der Waals surface area contributed by atoms with E-state index in [1.165, 1.54) is 44.1 Å². The quantitative estimate of drug-likeness (QED) is 0.807. The lowest BCUT2D eigenvalue weighted by Gasteiger charge is -2.34. The normalized spacial score (nSPS) is 18.1. The Balaban J connectivity index is 1.93. The molecule has 2 heteroatoms. The van der Waals surface area contributed by atoms with E-state index in [0.29, 0.717) is 6.04 Å². The predicted molar refractivity (Wildman–Crippen MR) is 89.5 cm³/mol. The average molecular weight is 289 g/mol. The van der Waals surface area contributed by atoms with Crippen LogP contribution in [0.3, 0.4) is 0 Å². The summed E-state index contributed by atoms with van der Waals surface area (Å²) >= 11 is 0. The van der Waals surface area contributed by atoms with Crippen LogP contribution >= 0.6 is 0 Å². The Morgan fingerprint density at radius 3 is 2.33 bits per heavy atom. The molecular weight excluding hydrogens is 258 g/mol. The molecule has 21 heavy (non-hydrogen) atoms. The van der Waals surface area contributed by atoms with Gasteiger partial charge >= 0.3 is 0 Å². The van der Waals surface area contributed by atoms with Crippen LogP contribution < -0.4 is 0 Å². The second kappa shape index (κ2) is 8.55. The zero-order valence-corrected chi connectivity index (χ0v) is 13.7. The molecule has 1 saturated carbocycles. The Bertz CT molecular complexity index is 395. The molecule has 1 aliphatic carbocycles. The molecule has 0 amide bonds. The van der Waals surface area contributed by atoms with Crippen LogP contribution in [0.5, 0.6) is 0 Å². The van der Waals surface area contributed by atoms with E-state index in [1.807, 2.05) is 0 Å². The summed E-state index contributed by atoms with van der Waals surface area (Å²) in [4.78, 5) is 2.48. The minimum Gasteiger partial charge on any atom is -0.387 e. The van der Waals surface area contributed by atoms with Gasteiger partial charge in [-0.25, -0.2) is 0 Å². The van der Waals surface area contributed by atoms with Gasteiger partial charge in [0.05, 0.1) is 6.10 Å². The lowest BCUT2D eigenvalue weighted by atomic mass is 9.93. The first kappa shape index (κ1) is 16.5. The van der Waals surface area contributed by atoms with E-state index < -0.39 is 0 Å². The van der Waals surface area contributed by atoms with Crippen LogP contribution in [0.4, 0.5) is 0 Å². The minimum atomic E-state index is -0.359. The van der Waals surface area contributed by atoms with Crippen molar-refractivity contribution in [1.82, 2.24) is 4.90 Å². The first-order chi connectivity index (χ1) is 10.2. The molecule has 1 aromatic carbocycles. The third kappa shape index (κ3) is 4.82. The molecular formula is C19H31NO. The maximum Gasteiger partial charge on any atom is 0.0917 e. The van der Waals surface area contributed by atoms with E-state index in [-0.39, 0.29) is 6.10 Å². The van der Waals surface area contributed by atoms with Crippen molar-refractivity contribution in [2.75, 3.05) is 13.1 Å². The number of aryl methyl sites for hydroxylation is 1. The summed E-state index contributed by atoms with van der Waals surface area (Å²) in [5, 5.41) is 10.5. The molecule has 0 heterocycles. The third-order valence-electron chi connectivity index (χ3n) is 4.81. The van der Waals surface area contributed by atoms with Gasteiger partial charge in [0.15, 0.2) is 0 Å². The van der Waals surface area contributed by atoms with Gasteiger partial charge in [0.1, 0.15) is 0 Å². The summed E-state index contributed by atoms with van der Waals surface area (Å²) in [5.41, 5.74) is 2.43. The molecule has 0 aliphatic heterocycles. The van der Waals surface area contributed by atoms with E-state index >= 15 is 0 Å². The average Bonchev–Trinajstić information content (AvgIpc) is 2.54. The van der Waals surface area contributed by atoms with E-state index in [2.05, 4.69) is 43.0 Å². The van der Waals surface area contributed by atoms with Gasteiger partial charge in [0.25, 0.3) is 0 Å². The van der Waals surface area contributed by atoms with Crippen LogP contribution in [-0.4, -0.2) is 29.1 Å². The van der Waals surface area contributed by atoms with Crippen molar-refractivity contribution in [2.24, 2.45) is 0 Å².